The summed E-state index contributed by atoms with van der Waals surface area (Å²) in [5, 5.41) is 9.88. The van der Waals surface area contributed by atoms with E-state index in [0.717, 1.165) is 5.56 Å². The molecule has 0 radical (unpaired) electrons. The Morgan fingerprint density at radius 2 is 1.73 bits per heavy atom. The molecule has 2 aromatic carbocycles. The molecule has 0 saturated heterocycles. The molecule has 0 aliphatic heterocycles. The first kappa shape index (κ1) is 23.9. The van der Waals surface area contributed by atoms with Crippen molar-refractivity contribution in [2.24, 2.45) is 0 Å². The molecule has 2 unspecified atom stereocenters. The second-order valence-corrected chi connectivity index (χ2v) is 7.68. The predicted octanol–water partition coefficient (Wildman–Crippen LogP) is 4.53. The summed E-state index contributed by atoms with van der Waals surface area (Å²) in [6, 6.07) is 12.4. The lowest BCUT2D eigenvalue weighted by atomic mass is 9.93. The van der Waals surface area contributed by atoms with Crippen LogP contribution in [0.15, 0.2) is 46.9 Å². The highest BCUT2D eigenvalue weighted by molar-refractivity contribution is 9.10. The van der Waals surface area contributed by atoms with Gasteiger partial charge in [0.1, 0.15) is 17.6 Å². The number of halogens is 1. The third kappa shape index (κ3) is 6.85. The fourth-order valence-corrected chi connectivity index (χ4v) is 3.29. The molecule has 0 amide bonds. The van der Waals surface area contributed by atoms with Gasteiger partial charge in [-0.25, -0.2) is 4.79 Å². The zero-order valence-corrected chi connectivity index (χ0v) is 19.0. The number of ether oxygens (including phenoxy) is 3. The Balaban J connectivity index is 1.76. The first-order valence-electron chi connectivity index (χ1n) is 9.84. The van der Waals surface area contributed by atoms with Crippen LogP contribution in [0, 0.1) is 0 Å². The van der Waals surface area contributed by atoms with Crippen LogP contribution in [-0.4, -0.2) is 42.8 Å². The summed E-state index contributed by atoms with van der Waals surface area (Å²) in [6.45, 7) is 6.22. The maximum absolute atomic E-state index is 11.7. The monoisotopic (exact) mass is 478 g/mol. The Morgan fingerprint density at radius 1 is 1.07 bits per heavy atom. The van der Waals surface area contributed by atoms with Crippen molar-refractivity contribution in [3.8, 4) is 11.5 Å². The minimum absolute atomic E-state index is 0.245. The Labute approximate surface area is 185 Å². The van der Waals surface area contributed by atoms with Crippen LogP contribution < -0.4 is 9.47 Å². The molecule has 0 aromatic heterocycles. The molecule has 2 atom stereocenters. The number of carbonyl (C=O) groups is 2. The van der Waals surface area contributed by atoms with Crippen LogP contribution in [0.5, 0.6) is 11.5 Å². The molecule has 30 heavy (non-hydrogen) atoms. The first-order valence-corrected chi connectivity index (χ1v) is 10.6. The van der Waals surface area contributed by atoms with Crippen LogP contribution in [0.25, 0.3) is 0 Å². The third-order valence-electron chi connectivity index (χ3n) is 4.55. The van der Waals surface area contributed by atoms with E-state index in [-0.39, 0.29) is 17.7 Å². The lowest BCUT2D eigenvalue weighted by molar-refractivity contribution is -0.125. The molecule has 0 aliphatic rings. The number of esters is 1. The standard InChI is InChI=1S/C23H27BrO6/c1-4-28-23(27)18-8-11-21(20(24)14-18)30-13-5-12-29-19-9-6-17(7-10-19)15(2)22(26)16(3)25/h6-11,14-15,22,26H,4-5,12-13H2,1-3H3. The number of aliphatic hydroxyl groups excluding tert-OH is 1. The average molecular weight is 479 g/mol. The van der Waals surface area contributed by atoms with Crippen molar-refractivity contribution in [1.29, 1.82) is 0 Å². The van der Waals surface area contributed by atoms with E-state index in [1.807, 2.05) is 31.2 Å². The molecule has 0 aliphatic carbocycles. The minimum atomic E-state index is -1.00. The summed E-state index contributed by atoms with van der Waals surface area (Å²) >= 11 is 3.41. The third-order valence-corrected chi connectivity index (χ3v) is 5.17. The summed E-state index contributed by atoms with van der Waals surface area (Å²) in [5.41, 5.74) is 1.34. The van der Waals surface area contributed by atoms with Gasteiger partial charge in [0.05, 0.1) is 29.9 Å². The van der Waals surface area contributed by atoms with Gasteiger partial charge in [0.25, 0.3) is 0 Å². The van der Waals surface area contributed by atoms with E-state index in [0.29, 0.717) is 47.8 Å². The van der Waals surface area contributed by atoms with Crippen LogP contribution in [-0.2, 0) is 9.53 Å². The highest BCUT2D eigenvalue weighted by Gasteiger charge is 2.20. The van der Waals surface area contributed by atoms with Crippen LogP contribution in [0.3, 0.4) is 0 Å². The van der Waals surface area contributed by atoms with Gasteiger partial charge in [0.15, 0.2) is 5.78 Å². The number of rotatable bonds is 11. The van der Waals surface area contributed by atoms with Crippen molar-refractivity contribution < 1.29 is 28.9 Å². The largest absolute Gasteiger partial charge is 0.493 e. The molecule has 0 spiro atoms. The van der Waals surface area contributed by atoms with E-state index in [2.05, 4.69) is 15.9 Å². The van der Waals surface area contributed by atoms with Gasteiger partial charge in [0.2, 0.25) is 0 Å². The van der Waals surface area contributed by atoms with Gasteiger partial charge >= 0.3 is 5.97 Å². The van der Waals surface area contributed by atoms with E-state index in [4.69, 9.17) is 14.2 Å². The molecule has 1 N–H and O–H groups in total. The number of benzene rings is 2. The summed E-state index contributed by atoms with van der Waals surface area (Å²) in [6.07, 6.45) is -0.326. The van der Waals surface area contributed by atoms with E-state index in [1.54, 1.807) is 25.1 Å². The number of aliphatic hydroxyl groups is 1. The zero-order chi connectivity index (χ0) is 22.1. The van der Waals surface area contributed by atoms with E-state index < -0.39 is 6.10 Å². The SMILES string of the molecule is CCOC(=O)c1ccc(OCCCOc2ccc(C(C)C(O)C(C)=O)cc2)c(Br)c1. The molecular formula is C23H27BrO6. The highest BCUT2D eigenvalue weighted by atomic mass is 79.9. The number of carbonyl (C=O) groups excluding carboxylic acids is 2. The lowest BCUT2D eigenvalue weighted by Crippen LogP contribution is -2.23. The van der Waals surface area contributed by atoms with Crippen molar-refractivity contribution in [3.05, 3.63) is 58.1 Å². The summed E-state index contributed by atoms with van der Waals surface area (Å²) in [5.74, 6) is 0.478. The topological polar surface area (TPSA) is 82.1 Å². The second-order valence-electron chi connectivity index (χ2n) is 6.83. The first-order chi connectivity index (χ1) is 14.3. The Kier molecular flexibility index (Phi) is 9.33. The maximum Gasteiger partial charge on any atom is 0.338 e. The van der Waals surface area contributed by atoms with Crippen molar-refractivity contribution in [2.75, 3.05) is 19.8 Å². The molecule has 0 fully saturated rings. The molecule has 0 bridgehead atoms. The fraction of sp³-hybridized carbons (Fsp3) is 0.391. The second kappa shape index (κ2) is 11.7. The number of hydrogen-bond donors (Lipinski definition) is 1. The van der Waals surface area contributed by atoms with Crippen LogP contribution in [0.4, 0.5) is 0 Å². The van der Waals surface area contributed by atoms with Crippen molar-refractivity contribution >= 4 is 27.7 Å². The van der Waals surface area contributed by atoms with Crippen molar-refractivity contribution in [3.63, 3.8) is 0 Å². The van der Waals surface area contributed by atoms with Crippen LogP contribution >= 0.6 is 15.9 Å². The number of hydrogen-bond acceptors (Lipinski definition) is 6. The van der Waals surface area contributed by atoms with Crippen LogP contribution in [0.1, 0.15) is 49.0 Å². The van der Waals surface area contributed by atoms with Crippen molar-refractivity contribution in [2.45, 2.75) is 39.2 Å². The minimum Gasteiger partial charge on any atom is -0.493 e. The van der Waals surface area contributed by atoms with Gasteiger partial charge in [-0.05, 0) is 65.7 Å². The molecule has 2 rings (SSSR count). The van der Waals surface area contributed by atoms with Gasteiger partial charge < -0.3 is 19.3 Å². The molecule has 162 valence electrons. The summed E-state index contributed by atoms with van der Waals surface area (Å²) in [7, 11) is 0. The predicted molar refractivity (Wildman–Crippen MR) is 117 cm³/mol. The van der Waals surface area contributed by atoms with Gasteiger partial charge in [-0.1, -0.05) is 19.1 Å². The highest BCUT2D eigenvalue weighted by Crippen LogP contribution is 2.27. The van der Waals surface area contributed by atoms with Gasteiger partial charge in [-0.2, -0.15) is 0 Å². The Hall–Kier alpha value is -2.38. The molecule has 0 saturated carbocycles. The summed E-state index contributed by atoms with van der Waals surface area (Å²) < 4.78 is 17.1. The molecule has 6 nitrogen and oxygen atoms in total. The molecule has 2 aromatic rings. The van der Waals surface area contributed by atoms with E-state index in [9.17, 15) is 14.7 Å². The normalized spacial score (nSPS) is 12.7. The van der Waals surface area contributed by atoms with E-state index in [1.165, 1.54) is 6.92 Å². The van der Waals surface area contributed by atoms with Gasteiger partial charge in [0, 0.05) is 12.3 Å². The summed E-state index contributed by atoms with van der Waals surface area (Å²) in [4.78, 5) is 23.1. The molecular weight excluding hydrogens is 452 g/mol. The number of Topliss-reactive ketones (excluding diaryl/α,β-unsaturated/α-hetero) is 1. The van der Waals surface area contributed by atoms with E-state index >= 15 is 0 Å². The zero-order valence-electron chi connectivity index (χ0n) is 17.4. The number of ketones is 1. The fourth-order valence-electron chi connectivity index (χ4n) is 2.79. The molecule has 0 heterocycles. The van der Waals surface area contributed by atoms with Crippen molar-refractivity contribution in [1.82, 2.24) is 0 Å². The maximum atomic E-state index is 11.7. The Morgan fingerprint density at radius 3 is 2.33 bits per heavy atom. The smallest absolute Gasteiger partial charge is 0.338 e. The van der Waals surface area contributed by atoms with Gasteiger partial charge in [-0.15, -0.1) is 0 Å². The van der Waals surface area contributed by atoms with Crippen LogP contribution in [0.2, 0.25) is 0 Å². The Bertz CT molecular complexity index is 849. The quantitative estimate of drug-likeness (QED) is 0.377. The van der Waals surface area contributed by atoms with Gasteiger partial charge in [-0.3, -0.25) is 4.79 Å². The lowest BCUT2D eigenvalue weighted by Gasteiger charge is -2.17. The average Bonchev–Trinajstić information content (AvgIpc) is 2.74. The molecule has 7 heteroatoms.